The van der Waals surface area contributed by atoms with Gasteiger partial charge in [0.2, 0.25) is 5.91 Å². The smallest absolute Gasteiger partial charge is 0.370 e. The molecule has 1 N–H and O–H groups in total. The fraction of sp³-hybridized carbons (Fsp3) is 0.350. The zero-order valence-electron chi connectivity index (χ0n) is 16.5. The van der Waals surface area contributed by atoms with E-state index >= 15 is 0 Å². The van der Waals surface area contributed by atoms with Crippen LogP contribution in [0.4, 0.5) is 24.5 Å². The highest BCUT2D eigenvalue weighted by Gasteiger charge is 2.31. The Labute approximate surface area is 175 Å². The van der Waals surface area contributed by atoms with E-state index in [1.807, 2.05) is 18.7 Å². The van der Waals surface area contributed by atoms with Crippen LogP contribution in [-0.4, -0.2) is 28.5 Å². The van der Waals surface area contributed by atoms with Crippen molar-refractivity contribution in [1.82, 2.24) is 9.55 Å². The predicted molar refractivity (Wildman–Crippen MR) is 112 cm³/mol. The Morgan fingerprint density at radius 3 is 2.63 bits per heavy atom. The second-order valence-electron chi connectivity index (χ2n) is 6.58. The average molecular weight is 438 g/mol. The van der Waals surface area contributed by atoms with E-state index in [0.29, 0.717) is 29.0 Å². The number of hydrogen-bond donors (Lipinski definition) is 1. The molecule has 0 atom stereocenters. The minimum absolute atomic E-state index is 0.0724. The van der Waals surface area contributed by atoms with Gasteiger partial charge in [0.15, 0.2) is 0 Å². The Kier molecular flexibility index (Phi) is 6.45. The minimum Gasteiger partial charge on any atom is -0.370 e. The van der Waals surface area contributed by atoms with Gasteiger partial charge in [-0.3, -0.25) is 14.2 Å². The number of benzene rings is 1. The summed E-state index contributed by atoms with van der Waals surface area (Å²) < 4.78 is 40.8. The van der Waals surface area contributed by atoms with Crippen molar-refractivity contribution in [2.45, 2.75) is 33.0 Å². The first-order valence-electron chi connectivity index (χ1n) is 9.43. The van der Waals surface area contributed by atoms with Crippen LogP contribution in [0.15, 0.2) is 40.8 Å². The molecule has 1 aromatic carbocycles. The zero-order valence-corrected chi connectivity index (χ0v) is 17.3. The van der Waals surface area contributed by atoms with Crippen molar-refractivity contribution in [3.8, 4) is 0 Å². The summed E-state index contributed by atoms with van der Waals surface area (Å²) in [4.78, 5) is 31.5. The third-order valence-electron chi connectivity index (χ3n) is 4.73. The summed E-state index contributed by atoms with van der Waals surface area (Å²) in [6.45, 7) is 4.99. The van der Waals surface area contributed by atoms with Gasteiger partial charge in [0.25, 0.3) is 5.56 Å². The predicted octanol–water partition coefficient (Wildman–Crippen LogP) is 4.35. The van der Waals surface area contributed by atoms with Crippen molar-refractivity contribution in [2.24, 2.45) is 0 Å². The molecule has 0 bridgehead atoms. The molecule has 0 aliphatic rings. The maximum Gasteiger partial charge on any atom is 0.416 e. The highest BCUT2D eigenvalue weighted by atomic mass is 32.1. The molecule has 0 aliphatic carbocycles. The zero-order chi connectivity index (χ0) is 21.9. The van der Waals surface area contributed by atoms with Gasteiger partial charge in [-0.25, -0.2) is 4.98 Å². The van der Waals surface area contributed by atoms with Crippen molar-refractivity contribution in [1.29, 1.82) is 0 Å². The lowest BCUT2D eigenvalue weighted by Crippen LogP contribution is -2.26. The van der Waals surface area contributed by atoms with Gasteiger partial charge in [0.1, 0.15) is 4.83 Å². The normalized spacial score (nSPS) is 11.6. The SMILES string of the molecule is CCN(CC)c1ccc(C(F)(F)F)cc1NC(=O)CCn1cnc2sccc2c1=O. The summed E-state index contributed by atoms with van der Waals surface area (Å²) >= 11 is 1.35. The van der Waals surface area contributed by atoms with Crippen molar-refractivity contribution in [2.75, 3.05) is 23.3 Å². The monoisotopic (exact) mass is 438 g/mol. The number of rotatable bonds is 7. The fourth-order valence-electron chi connectivity index (χ4n) is 3.14. The van der Waals surface area contributed by atoms with Crippen molar-refractivity contribution in [3.63, 3.8) is 0 Å². The summed E-state index contributed by atoms with van der Waals surface area (Å²) in [5, 5.41) is 4.82. The van der Waals surface area contributed by atoms with Crippen LogP contribution in [0.25, 0.3) is 10.2 Å². The van der Waals surface area contributed by atoms with E-state index in [9.17, 15) is 22.8 Å². The number of aromatic nitrogens is 2. The summed E-state index contributed by atoms with van der Waals surface area (Å²) in [5.74, 6) is -0.486. The number of amides is 1. The molecular weight excluding hydrogens is 417 g/mol. The van der Waals surface area contributed by atoms with Gasteiger partial charge >= 0.3 is 6.18 Å². The van der Waals surface area contributed by atoms with Crippen molar-refractivity contribution < 1.29 is 18.0 Å². The third-order valence-corrected chi connectivity index (χ3v) is 5.55. The number of thiophene rings is 1. The Balaban J connectivity index is 1.80. The maximum atomic E-state index is 13.1. The lowest BCUT2D eigenvalue weighted by Gasteiger charge is -2.25. The van der Waals surface area contributed by atoms with Crippen LogP contribution in [0.2, 0.25) is 0 Å². The summed E-state index contributed by atoms with van der Waals surface area (Å²) in [7, 11) is 0. The van der Waals surface area contributed by atoms with Gasteiger partial charge in [-0.05, 0) is 43.5 Å². The van der Waals surface area contributed by atoms with Crippen LogP contribution < -0.4 is 15.8 Å². The first kappa shape index (κ1) is 21.8. The standard InChI is InChI=1S/C20H21F3N4O2S/c1-3-26(4-2)16-6-5-13(20(21,22)23)11-15(16)25-17(28)7-9-27-12-24-18-14(19(27)29)8-10-30-18/h5-6,8,10-12H,3-4,7,9H2,1-2H3,(H,25,28). The molecule has 0 radical (unpaired) electrons. The lowest BCUT2D eigenvalue weighted by atomic mass is 10.1. The number of anilines is 2. The van der Waals surface area contributed by atoms with Crippen LogP contribution in [0.3, 0.4) is 0 Å². The van der Waals surface area contributed by atoms with Crippen LogP contribution in [0.5, 0.6) is 0 Å². The second-order valence-corrected chi connectivity index (χ2v) is 7.48. The quantitative estimate of drug-likeness (QED) is 0.596. The summed E-state index contributed by atoms with van der Waals surface area (Å²) in [6.07, 6.45) is -3.22. The number of aryl methyl sites for hydroxylation is 1. The number of alkyl halides is 3. The van der Waals surface area contributed by atoms with Crippen LogP contribution in [-0.2, 0) is 17.5 Å². The molecule has 0 saturated heterocycles. The number of hydrogen-bond acceptors (Lipinski definition) is 5. The molecule has 3 rings (SSSR count). The Hall–Kier alpha value is -2.88. The molecule has 3 aromatic rings. The molecule has 10 heteroatoms. The second kappa shape index (κ2) is 8.86. The number of nitrogens with zero attached hydrogens (tertiary/aromatic N) is 3. The Bertz CT molecular complexity index is 1100. The van der Waals surface area contributed by atoms with Crippen LogP contribution in [0, 0.1) is 0 Å². The molecule has 0 unspecified atom stereocenters. The van der Waals surface area contributed by atoms with Gasteiger partial charge in [0.05, 0.1) is 28.7 Å². The molecule has 160 valence electrons. The van der Waals surface area contributed by atoms with Gasteiger partial charge in [0, 0.05) is 26.1 Å². The molecule has 0 fully saturated rings. The van der Waals surface area contributed by atoms with Gasteiger partial charge in [-0.2, -0.15) is 13.2 Å². The molecule has 2 heterocycles. The van der Waals surface area contributed by atoms with Crippen molar-refractivity contribution >= 4 is 38.8 Å². The number of carbonyl (C=O) groups excluding carboxylic acids is 1. The van der Waals surface area contributed by atoms with Crippen LogP contribution in [0.1, 0.15) is 25.8 Å². The largest absolute Gasteiger partial charge is 0.416 e. The lowest BCUT2D eigenvalue weighted by molar-refractivity contribution is -0.137. The summed E-state index contributed by atoms with van der Waals surface area (Å²) in [6, 6.07) is 4.98. The number of nitrogens with one attached hydrogen (secondary N) is 1. The molecule has 1 amide bonds. The van der Waals surface area contributed by atoms with Gasteiger partial charge < -0.3 is 10.2 Å². The first-order valence-corrected chi connectivity index (χ1v) is 10.3. The summed E-state index contributed by atoms with van der Waals surface area (Å²) in [5.41, 5.74) is -0.480. The maximum absolute atomic E-state index is 13.1. The molecule has 6 nitrogen and oxygen atoms in total. The van der Waals surface area contributed by atoms with E-state index in [2.05, 4.69) is 10.3 Å². The van der Waals surface area contributed by atoms with E-state index in [1.54, 1.807) is 11.4 Å². The Morgan fingerprint density at radius 2 is 1.97 bits per heavy atom. The average Bonchev–Trinajstić information content (AvgIpc) is 3.18. The number of halogens is 3. The molecule has 0 aliphatic heterocycles. The van der Waals surface area contributed by atoms with Gasteiger partial charge in [-0.15, -0.1) is 11.3 Å². The molecular formula is C20H21F3N4O2S. The van der Waals surface area contributed by atoms with E-state index in [0.717, 1.165) is 12.1 Å². The topological polar surface area (TPSA) is 67.2 Å². The van der Waals surface area contributed by atoms with E-state index in [4.69, 9.17) is 0 Å². The van der Waals surface area contributed by atoms with E-state index < -0.39 is 17.6 Å². The van der Waals surface area contributed by atoms with E-state index in [1.165, 1.54) is 28.3 Å². The number of carbonyl (C=O) groups is 1. The Morgan fingerprint density at radius 1 is 1.23 bits per heavy atom. The third kappa shape index (κ3) is 4.64. The number of fused-ring (bicyclic) bond motifs is 1. The molecule has 2 aromatic heterocycles. The van der Waals surface area contributed by atoms with Crippen molar-refractivity contribution in [3.05, 3.63) is 51.9 Å². The molecule has 30 heavy (non-hydrogen) atoms. The fourth-order valence-corrected chi connectivity index (χ4v) is 3.86. The van der Waals surface area contributed by atoms with E-state index in [-0.39, 0.29) is 24.2 Å². The van der Waals surface area contributed by atoms with Crippen LogP contribution >= 0.6 is 11.3 Å². The highest BCUT2D eigenvalue weighted by Crippen LogP contribution is 2.35. The molecule has 0 saturated carbocycles. The highest BCUT2D eigenvalue weighted by molar-refractivity contribution is 7.16. The molecule has 0 spiro atoms. The van der Waals surface area contributed by atoms with Gasteiger partial charge in [-0.1, -0.05) is 0 Å². The first-order chi connectivity index (χ1) is 14.2. The minimum atomic E-state index is -4.52.